The highest BCUT2D eigenvalue weighted by molar-refractivity contribution is 7.10. The molecule has 0 fully saturated rings. The molecule has 0 amide bonds. The van der Waals surface area contributed by atoms with Gasteiger partial charge in [-0.1, -0.05) is 41.4 Å². The molecule has 1 N–H and O–H groups in total. The Kier molecular flexibility index (Phi) is 3.27. The van der Waals surface area contributed by atoms with Gasteiger partial charge in [0.05, 0.1) is 9.90 Å². The molecule has 0 radical (unpaired) electrons. The second kappa shape index (κ2) is 4.38. The quantitative estimate of drug-likeness (QED) is 0.864. The van der Waals surface area contributed by atoms with E-state index in [-0.39, 0.29) is 0 Å². The number of aliphatic hydroxyl groups is 1. The van der Waals surface area contributed by atoms with Gasteiger partial charge in [0, 0.05) is 10.6 Å². The van der Waals surface area contributed by atoms with Crippen molar-refractivity contribution in [3.63, 3.8) is 0 Å². The zero-order chi connectivity index (χ0) is 11.8. The molecular formula is C12H10Cl2OS. The molecule has 1 nitrogen and oxygen atoms in total. The molecule has 2 aromatic rings. The van der Waals surface area contributed by atoms with Gasteiger partial charge in [-0.15, -0.1) is 11.3 Å². The Morgan fingerprint density at radius 1 is 1.12 bits per heavy atom. The van der Waals surface area contributed by atoms with Crippen LogP contribution in [0.2, 0.25) is 10.0 Å². The first-order valence-electron chi connectivity index (χ1n) is 4.74. The Labute approximate surface area is 108 Å². The van der Waals surface area contributed by atoms with Crippen molar-refractivity contribution in [2.75, 3.05) is 0 Å². The molecule has 0 aliphatic carbocycles. The Hall–Kier alpha value is -0.540. The summed E-state index contributed by atoms with van der Waals surface area (Å²) < 4.78 is 0. The van der Waals surface area contributed by atoms with E-state index in [1.807, 2.05) is 17.5 Å². The number of hydrogen-bond acceptors (Lipinski definition) is 2. The summed E-state index contributed by atoms with van der Waals surface area (Å²) in [4.78, 5) is 0.710. The van der Waals surface area contributed by atoms with Gasteiger partial charge in [-0.2, -0.15) is 0 Å². The highest BCUT2D eigenvalue weighted by Gasteiger charge is 2.31. The minimum atomic E-state index is -1.15. The smallest absolute Gasteiger partial charge is 0.124 e. The fourth-order valence-corrected chi connectivity index (χ4v) is 3.25. The number of hydrogen-bond donors (Lipinski definition) is 1. The summed E-state index contributed by atoms with van der Waals surface area (Å²) in [6, 6.07) is 9.01. The van der Waals surface area contributed by atoms with Crippen LogP contribution in [0.4, 0.5) is 0 Å². The predicted octanol–water partition coefficient (Wildman–Crippen LogP) is 4.31. The van der Waals surface area contributed by atoms with E-state index in [2.05, 4.69) is 0 Å². The van der Waals surface area contributed by atoms with Crippen molar-refractivity contribution in [3.8, 4) is 0 Å². The van der Waals surface area contributed by atoms with Crippen LogP contribution in [0.15, 0.2) is 35.7 Å². The van der Waals surface area contributed by atoms with Crippen molar-refractivity contribution in [1.82, 2.24) is 0 Å². The molecule has 1 unspecified atom stereocenters. The minimum absolute atomic E-state index is 0.539. The van der Waals surface area contributed by atoms with Crippen LogP contribution in [0, 0.1) is 0 Å². The third-order valence-electron chi connectivity index (χ3n) is 2.46. The van der Waals surface area contributed by atoms with E-state index in [4.69, 9.17) is 23.2 Å². The lowest BCUT2D eigenvalue weighted by Gasteiger charge is -2.24. The lowest BCUT2D eigenvalue weighted by molar-refractivity contribution is 0.106. The molecule has 0 saturated carbocycles. The molecule has 1 heterocycles. The third-order valence-corrected chi connectivity index (χ3v) is 4.34. The van der Waals surface area contributed by atoms with E-state index >= 15 is 0 Å². The zero-order valence-electron chi connectivity index (χ0n) is 8.58. The predicted molar refractivity (Wildman–Crippen MR) is 69.5 cm³/mol. The number of rotatable bonds is 2. The lowest BCUT2D eigenvalue weighted by Crippen LogP contribution is -2.22. The SMILES string of the molecule is CC(O)(c1ccccc1Cl)c1sccc1Cl. The van der Waals surface area contributed by atoms with Crippen LogP contribution in [0.1, 0.15) is 17.4 Å². The Morgan fingerprint density at radius 2 is 1.81 bits per heavy atom. The van der Waals surface area contributed by atoms with Gasteiger partial charge in [0.1, 0.15) is 5.60 Å². The molecule has 0 aliphatic rings. The standard InChI is InChI=1S/C12H10Cl2OS/c1-12(15,11-10(14)6-7-16-11)8-4-2-3-5-9(8)13/h2-7,15H,1H3. The average Bonchev–Trinajstić information content (AvgIpc) is 2.65. The Balaban J connectivity index is 2.55. The number of benzene rings is 1. The van der Waals surface area contributed by atoms with E-state index in [0.717, 1.165) is 0 Å². The van der Waals surface area contributed by atoms with Gasteiger partial charge in [-0.05, 0) is 24.4 Å². The fraction of sp³-hybridized carbons (Fsp3) is 0.167. The third kappa shape index (κ3) is 1.98. The summed E-state index contributed by atoms with van der Waals surface area (Å²) >= 11 is 13.5. The molecule has 16 heavy (non-hydrogen) atoms. The van der Waals surface area contributed by atoms with Crippen LogP contribution in [0.25, 0.3) is 0 Å². The molecule has 0 bridgehead atoms. The monoisotopic (exact) mass is 272 g/mol. The Bertz CT molecular complexity index is 505. The van der Waals surface area contributed by atoms with Crippen molar-refractivity contribution in [2.24, 2.45) is 0 Å². The summed E-state index contributed by atoms with van der Waals surface area (Å²) in [5.41, 5.74) is -0.482. The van der Waals surface area contributed by atoms with E-state index in [1.54, 1.807) is 25.1 Å². The van der Waals surface area contributed by atoms with Crippen molar-refractivity contribution >= 4 is 34.5 Å². The van der Waals surface area contributed by atoms with E-state index < -0.39 is 5.60 Å². The van der Waals surface area contributed by atoms with Crippen LogP contribution in [0.3, 0.4) is 0 Å². The Morgan fingerprint density at radius 3 is 2.38 bits per heavy atom. The molecule has 2 rings (SSSR count). The lowest BCUT2D eigenvalue weighted by atomic mass is 9.94. The molecular weight excluding hydrogens is 263 g/mol. The summed E-state index contributed by atoms with van der Waals surface area (Å²) in [6.07, 6.45) is 0. The maximum atomic E-state index is 10.5. The summed E-state index contributed by atoms with van der Waals surface area (Å²) in [7, 11) is 0. The summed E-state index contributed by atoms with van der Waals surface area (Å²) in [5.74, 6) is 0. The maximum Gasteiger partial charge on any atom is 0.124 e. The zero-order valence-corrected chi connectivity index (χ0v) is 10.9. The highest BCUT2D eigenvalue weighted by Crippen LogP contribution is 2.40. The van der Waals surface area contributed by atoms with Crippen LogP contribution >= 0.6 is 34.5 Å². The molecule has 1 aromatic carbocycles. The van der Waals surface area contributed by atoms with Crippen molar-refractivity contribution in [1.29, 1.82) is 0 Å². The van der Waals surface area contributed by atoms with E-state index in [1.165, 1.54) is 11.3 Å². The number of thiophene rings is 1. The second-order valence-electron chi connectivity index (χ2n) is 3.65. The minimum Gasteiger partial charge on any atom is -0.380 e. The molecule has 84 valence electrons. The summed E-state index contributed by atoms with van der Waals surface area (Å²) in [6.45, 7) is 1.70. The van der Waals surface area contributed by atoms with Gasteiger partial charge in [0.2, 0.25) is 0 Å². The van der Waals surface area contributed by atoms with Crippen LogP contribution in [0.5, 0.6) is 0 Å². The molecule has 0 saturated heterocycles. The normalized spacial score (nSPS) is 14.8. The first-order valence-corrected chi connectivity index (χ1v) is 6.38. The molecule has 1 aromatic heterocycles. The van der Waals surface area contributed by atoms with Gasteiger partial charge < -0.3 is 5.11 Å². The van der Waals surface area contributed by atoms with Gasteiger partial charge in [-0.25, -0.2) is 0 Å². The van der Waals surface area contributed by atoms with Crippen LogP contribution < -0.4 is 0 Å². The highest BCUT2D eigenvalue weighted by atomic mass is 35.5. The molecule has 0 spiro atoms. The van der Waals surface area contributed by atoms with Crippen LogP contribution in [-0.4, -0.2) is 5.11 Å². The second-order valence-corrected chi connectivity index (χ2v) is 5.38. The van der Waals surface area contributed by atoms with Gasteiger partial charge in [0.25, 0.3) is 0 Å². The molecule has 0 aliphatic heterocycles. The van der Waals surface area contributed by atoms with Gasteiger partial charge in [-0.3, -0.25) is 0 Å². The van der Waals surface area contributed by atoms with Crippen LogP contribution in [-0.2, 0) is 5.60 Å². The van der Waals surface area contributed by atoms with E-state index in [0.29, 0.717) is 20.5 Å². The topological polar surface area (TPSA) is 20.2 Å². The first kappa shape index (κ1) is 11.9. The van der Waals surface area contributed by atoms with Crippen molar-refractivity contribution < 1.29 is 5.11 Å². The largest absolute Gasteiger partial charge is 0.380 e. The van der Waals surface area contributed by atoms with Gasteiger partial charge >= 0.3 is 0 Å². The molecule has 1 atom stereocenters. The maximum absolute atomic E-state index is 10.5. The fourth-order valence-electron chi connectivity index (χ4n) is 1.62. The number of halogens is 2. The van der Waals surface area contributed by atoms with Gasteiger partial charge in [0.15, 0.2) is 0 Å². The average molecular weight is 273 g/mol. The van der Waals surface area contributed by atoms with Crippen molar-refractivity contribution in [2.45, 2.75) is 12.5 Å². The summed E-state index contributed by atoms with van der Waals surface area (Å²) in [5, 5.41) is 13.5. The van der Waals surface area contributed by atoms with E-state index in [9.17, 15) is 5.11 Å². The molecule has 4 heteroatoms. The van der Waals surface area contributed by atoms with Crippen molar-refractivity contribution in [3.05, 3.63) is 56.2 Å². The first-order chi connectivity index (χ1) is 7.53.